The van der Waals surface area contributed by atoms with Gasteiger partial charge in [0.1, 0.15) is 23.9 Å². The number of ketones is 1. The van der Waals surface area contributed by atoms with E-state index < -0.39 is 35.9 Å². The Balaban J connectivity index is 1.38. The van der Waals surface area contributed by atoms with Crippen molar-refractivity contribution in [3.05, 3.63) is 23.3 Å². The summed E-state index contributed by atoms with van der Waals surface area (Å²) in [7, 11) is 1.33. The lowest BCUT2D eigenvalue weighted by Crippen LogP contribution is -2.55. The van der Waals surface area contributed by atoms with Crippen molar-refractivity contribution in [1.82, 2.24) is 20.9 Å². The molecule has 1 saturated heterocycles. The van der Waals surface area contributed by atoms with Crippen molar-refractivity contribution in [3.8, 4) is 11.5 Å². The van der Waals surface area contributed by atoms with Crippen molar-refractivity contribution >= 4 is 29.5 Å². The molecule has 4 rings (SSSR count). The van der Waals surface area contributed by atoms with E-state index in [4.69, 9.17) is 14.2 Å². The normalized spacial score (nSPS) is 18.5. The van der Waals surface area contributed by atoms with E-state index in [0.29, 0.717) is 38.6 Å². The quantitative estimate of drug-likeness (QED) is 0.0511. The Kier molecular flexibility index (Phi) is 22.3. The molecule has 3 heterocycles. The number of fused-ring (bicyclic) bond motifs is 4. The number of esters is 1. The molecule has 3 aliphatic heterocycles. The molecule has 60 heavy (non-hydrogen) atoms. The minimum Gasteiger partial charge on any atom is -0.467 e. The lowest BCUT2D eigenvalue weighted by Gasteiger charge is -2.43. The Morgan fingerprint density at radius 3 is 1.77 bits per heavy atom. The summed E-state index contributed by atoms with van der Waals surface area (Å²) in [4.78, 5) is 70.3. The van der Waals surface area contributed by atoms with Gasteiger partial charge < -0.3 is 30.2 Å². The average molecular weight is 839 g/mol. The molecule has 0 radical (unpaired) electrons. The number of piperidine rings is 1. The van der Waals surface area contributed by atoms with Gasteiger partial charge in [0.25, 0.3) is 0 Å². The molecule has 1 aromatic carbocycles. The first-order valence-electron chi connectivity index (χ1n) is 23.9. The number of nitrogens with zero attached hydrogens (tertiary/aromatic N) is 1. The lowest BCUT2D eigenvalue weighted by molar-refractivity contribution is -0.145. The first kappa shape index (κ1) is 49.0. The first-order chi connectivity index (χ1) is 29.2. The van der Waals surface area contributed by atoms with Gasteiger partial charge in [-0.05, 0) is 55.4 Å². The largest absolute Gasteiger partial charge is 0.467 e. The van der Waals surface area contributed by atoms with E-state index in [2.05, 4.69) is 41.6 Å². The number of amides is 3. The molecule has 12 heteroatoms. The zero-order valence-corrected chi connectivity index (χ0v) is 37.6. The highest BCUT2D eigenvalue weighted by molar-refractivity contribution is 5.93. The highest BCUT2D eigenvalue weighted by atomic mass is 16.7. The Labute approximate surface area is 360 Å². The fourth-order valence-corrected chi connectivity index (χ4v) is 9.03. The fraction of sp³-hybridized carbons (Fsp3) is 0.771. The molecule has 12 nitrogen and oxygen atoms in total. The van der Waals surface area contributed by atoms with Crippen LogP contribution in [0.25, 0.3) is 0 Å². The van der Waals surface area contributed by atoms with Crippen LogP contribution < -0.4 is 25.4 Å². The minimum absolute atomic E-state index is 0.00818. The van der Waals surface area contributed by atoms with Gasteiger partial charge in [0.15, 0.2) is 11.5 Å². The van der Waals surface area contributed by atoms with Gasteiger partial charge in [0.2, 0.25) is 24.5 Å². The molecule has 3 amide bonds. The maximum Gasteiger partial charge on any atom is 0.328 e. The van der Waals surface area contributed by atoms with Crippen LogP contribution in [0.3, 0.4) is 0 Å². The third kappa shape index (κ3) is 16.0. The summed E-state index contributed by atoms with van der Waals surface area (Å²) in [5.41, 5.74) is 2.32. The molecule has 0 saturated carbocycles. The third-order valence-electron chi connectivity index (χ3n) is 12.8. The number of ether oxygens (including phenoxy) is 3. The molecule has 0 bridgehead atoms. The van der Waals surface area contributed by atoms with Gasteiger partial charge in [-0.15, -0.1) is 0 Å². The Morgan fingerprint density at radius 2 is 1.20 bits per heavy atom. The molecule has 3 N–H and O–H groups in total. The van der Waals surface area contributed by atoms with Gasteiger partial charge >= 0.3 is 5.97 Å². The number of benzene rings is 1. The highest BCUT2D eigenvalue weighted by Crippen LogP contribution is 2.43. The molecular formula is C48H78N4O8. The fourth-order valence-electron chi connectivity index (χ4n) is 9.03. The average Bonchev–Trinajstić information content (AvgIpc) is 3.71. The van der Waals surface area contributed by atoms with Crippen LogP contribution in [-0.2, 0) is 35.1 Å². The van der Waals surface area contributed by atoms with Crippen LogP contribution in [0.1, 0.15) is 192 Å². The Hall–Kier alpha value is -3.67. The van der Waals surface area contributed by atoms with E-state index in [-0.39, 0.29) is 36.9 Å². The summed E-state index contributed by atoms with van der Waals surface area (Å²) in [6, 6.07) is 1.60. The molecule has 5 atom stereocenters. The molecule has 1 fully saturated rings. The number of carbonyl (C=O) groups is 5. The maximum atomic E-state index is 14.1. The molecule has 3 aliphatic rings. The topological polar surface area (TPSA) is 152 Å². The third-order valence-corrected chi connectivity index (χ3v) is 12.8. The predicted molar refractivity (Wildman–Crippen MR) is 235 cm³/mol. The van der Waals surface area contributed by atoms with E-state index in [1.54, 1.807) is 0 Å². The smallest absolute Gasteiger partial charge is 0.328 e. The summed E-state index contributed by atoms with van der Waals surface area (Å²) in [5.74, 6) is -0.169. The Bertz CT molecular complexity index is 1500. The number of Topliss-reactive ketones (excluding diaryl/α,β-unsaturated/α-hetero) is 1. The van der Waals surface area contributed by atoms with E-state index in [1.807, 2.05) is 12.1 Å². The van der Waals surface area contributed by atoms with E-state index in [1.165, 1.54) is 19.1 Å². The summed E-state index contributed by atoms with van der Waals surface area (Å²) in [6.45, 7) is 8.16. The molecule has 0 spiro atoms. The highest BCUT2D eigenvalue weighted by Gasteiger charge is 2.39. The molecule has 0 aliphatic carbocycles. The molecule has 0 aromatic heterocycles. The standard InChI is InChI=1S/C48H78N4O8/c1-5-8-11-14-17-20-23-38(49-45(54)27-26-36-33-52-29-28-35-30-43-44(60-34-59-43)31-37(35)41(52)32-42(36)53)46(55)50-39(24-21-18-15-12-9-6-2)47(56)51-40(48(57)58-4)25-22-19-16-13-10-7-3/h30-31,36,38-41H,5-29,32-34H2,1-4H3,(H,49,54)(H,50,55)(H,51,56)/t36-,38?,39?,40?,41-/m0/s1. The summed E-state index contributed by atoms with van der Waals surface area (Å²) in [5, 5.41) is 8.94. The van der Waals surface area contributed by atoms with Crippen LogP contribution in [0.2, 0.25) is 0 Å². The number of methoxy groups -OCH3 is 1. The van der Waals surface area contributed by atoms with Crippen molar-refractivity contribution in [2.75, 3.05) is 27.0 Å². The summed E-state index contributed by atoms with van der Waals surface area (Å²) in [6.07, 6.45) is 21.8. The van der Waals surface area contributed by atoms with Gasteiger partial charge in [-0.3, -0.25) is 24.1 Å². The molecule has 1 aromatic rings. The number of unbranched alkanes of at least 4 members (excludes halogenated alkanes) is 15. The number of carbonyl (C=O) groups excluding carboxylic acids is 5. The molecule has 338 valence electrons. The second-order valence-corrected chi connectivity index (χ2v) is 17.5. The van der Waals surface area contributed by atoms with Gasteiger partial charge in [-0.25, -0.2) is 4.79 Å². The monoisotopic (exact) mass is 839 g/mol. The van der Waals surface area contributed by atoms with E-state index in [9.17, 15) is 24.0 Å². The van der Waals surface area contributed by atoms with Crippen molar-refractivity contribution in [2.45, 2.75) is 205 Å². The molecule has 3 unspecified atom stereocenters. The lowest BCUT2D eigenvalue weighted by atomic mass is 9.81. The molecular weight excluding hydrogens is 761 g/mol. The van der Waals surface area contributed by atoms with Crippen LogP contribution >= 0.6 is 0 Å². The van der Waals surface area contributed by atoms with Crippen molar-refractivity contribution in [3.63, 3.8) is 0 Å². The van der Waals surface area contributed by atoms with Gasteiger partial charge in [-0.1, -0.05) is 136 Å². The van der Waals surface area contributed by atoms with Crippen molar-refractivity contribution in [2.24, 2.45) is 5.92 Å². The zero-order chi connectivity index (χ0) is 43.1. The second-order valence-electron chi connectivity index (χ2n) is 17.5. The maximum absolute atomic E-state index is 14.1. The van der Waals surface area contributed by atoms with E-state index in [0.717, 1.165) is 139 Å². The van der Waals surface area contributed by atoms with E-state index >= 15 is 0 Å². The van der Waals surface area contributed by atoms with Gasteiger partial charge in [0.05, 0.1) is 7.11 Å². The number of nitrogens with one attached hydrogen (secondary N) is 3. The van der Waals surface area contributed by atoms with Crippen LogP contribution in [-0.4, -0.2) is 79.5 Å². The summed E-state index contributed by atoms with van der Waals surface area (Å²) >= 11 is 0. The van der Waals surface area contributed by atoms with Gasteiger partial charge in [-0.2, -0.15) is 0 Å². The minimum atomic E-state index is -0.855. The van der Waals surface area contributed by atoms with Crippen LogP contribution in [0.15, 0.2) is 12.1 Å². The number of hydrogen-bond donors (Lipinski definition) is 3. The SMILES string of the molecule is CCCCCCCCC(NC(=O)CC[C@H]1CN2CCc3cc4c(cc3[C@@H]2CC1=O)OCO4)C(=O)NC(CCCCCCCC)C(=O)NC(CCCCCCCC)C(=O)OC. The van der Waals surface area contributed by atoms with Crippen LogP contribution in [0.4, 0.5) is 0 Å². The van der Waals surface area contributed by atoms with Crippen LogP contribution in [0, 0.1) is 5.92 Å². The zero-order valence-electron chi connectivity index (χ0n) is 37.6. The number of rotatable bonds is 30. The number of hydrogen-bond acceptors (Lipinski definition) is 9. The van der Waals surface area contributed by atoms with Crippen LogP contribution in [0.5, 0.6) is 11.5 Å². The first-order valence-corrected chi connectivity index (χ1v) is 23.9. The van der Waals surface area contributed by atoms with Gasteiger partial charge in [0, 0.05) is 37.9 Å². The Morgan fingerprint density at radius 1 is 0.700 bits per heavy atom. The van der Waals surface area contributed by atoms with Crippen molar-refractivity contribution < 1.29 is 38.2 Å². The second kappa shape index (κ2) is 27.3. The van der Waals surface area contributed by atoms with Crippen molar-refractivity contribution in [1.29, 1.82) is 0 Å². The predicted octanol–water partition coefficient (Wildman–Crippen LogP) is 8.56. The summed E-state index contributed by atoms with van der Waals surface area (Å²) < 4.78 is 16.3.